The van der Waals surface area contributed by atoms with Crippen LogP contribution in [0.15, 0.2) is 36.5 Å². The molecule has 5 heteroatoms. The smallest absolute Gasteiger partial charge is 0.258 e. The number of hydrogen-bond acceptors (Lipinski definition) is 4. The van der Waals surface area contributed by atoms with E-state index in [-0.39, 0.29) is 6.61 Å². The third-order valence-electron chi connectivity index (χ3n) is 3.74. The van der Waals surface area contributed by atoms with Crippen LogP contribution in [0.4, 0.5) is 0 Å². The van der Waals surface area contributed by atoms with Crippen LogP contribution in [0.1, 0.15) is 16.8 Å². The molecule has 0 amide bonds. The lowest BCUT2D eigenvalue weighted by Crippen LogP contribution is -2.02. The second-order valence-electron chi connectivity index (χ2n) is 4.98. The lowest BCUT2D eigenvalue weighted by Gasteiger charge is -2.08. The minimum atomic E-state index is -0.0187. The van der Waals surface area contributed by atoms with Crippen molar-refractivity contribution in [3.63, 3.8) is 0 Å². The number of aliphatic hydroxyl groups excluding tert-OH is 1. The van der Waals surface area contributed by atoms with Crippen molar-refractivity contribution >= 4 is 10.9 Å². The molecule has 3 aromatic rings. The summed E-state index contributed by atoms with van der Waals surface area (Å²) < 4.78 is 7.74. The average molecular weight is 283 g/mol. The molecule has 0 aliphatic carbocycles. The van der Waals surface area contributed by atoms with Crippen molar-refractivity contribution < 1.29 is 9.84 Å². The first-order chi connectivity index (χ1) is 10.2. The van der Waals surface area contributed by atoms with E-state index in [1.807, 2.05) is 48.9 Å². The molecule has 0 saturated heterocycles. The summed E-state index contributed by atoms with van der Waals surface area (Å²) in [6.07, 6.45) is 1.71. The molecule has 0 fully saturated rings. The van der Waals surface area contributed by atoms with E-state index in [9.17, 15) is 5.11 Å². The molecule has 1 N–H and O–H groups in total. The zero-order valence-electron chi connectivity index (χ0n) is 12.1. The molecule has 2 heterocycles. The van der Waals surface area contributed by atoms with E-state index in [4.69, 9.17) is 4.74 Å². The number of aryl methyl sites for hydroxylation is 2. The van der Waals surface area contributed by atoms with Gasteiger partial charge in [-0.1, -0.05) is 30.3 Å². The van der Waals surface area contributed by atoms with E-state index < -0.39 is 0 Å². The Morgan fingerprint density at radius 3 is 2.71 bits per heavy atom. The SMILES string of the molecule is Cc1c(CO)n(C)c2c(OCc3ccccc3)nncc12. The number of aliphatic hydroxyl groups is 1. The Bertz CT molecular complexity index is 766. The highest BCUT2D eigenvalue weighted by Gasteiger charge is 2.16. The summed E-state index contributed by atoms with van der Waals surface area (Å²) in [5.41, 5.74) is 3.80. The molecular formula is C16H17N3O2. The van der Waals surface area contributed by atoms with Crippen molar-refractivity contribution in [2.45, 2.75) is 20.1 Å². The first-order valence-electron chi connectivity index (χ1n) is 6.79. The average Bonchev–Trinajstić information content (AvgIpc) is 2.78. The fourth-order valence-corrected chi connectivity index (χ4v) is 2.55. The Morgan fingerprint density at radius 1 is 1.24 bits per heavy atom. The van der Waals surface area contributed by atoms with Crippen LogP contribution in [0.5, 0.6) is 5.88 Å². The van der Waals surface area contributed by atoms with Gasteiger partial charge in [0.25, 0.3) is 5.88 Å². The maximum absolute atomic E-state index is 9.50. The van der Waals surface area contributed by atoms with E-state index in [1.165, 1.54) is 0 Å². The molecule has 21 heavy (non-hydrogen) atoms. The van der Waals surface area contributed by atoms with E-state index in [0.29, 0.717) is 12.5 Å². The third kappa shape index (κ3) is 2.36. The van der Waals surface area contributed by atoms with Gasteiger partial charge >= 0.3 is 0 Å². The molecule has 3 rings (SSSR count). The van der Waals surface area contributed by atoms with Gasteiger partial charge in [0.05, 0.1) is 12.8 Å². The van der Waals surface area contributed by atoms with Crippen LogP contribution in [-0.4, -0.2) is 19.9 Å². The Hall–Kier alpha value is -2.40. The molecule has 5 nitrogen and oxygen atoms in total. The van der Waals surface area contributed by atoms with Crippen LogP contribution in [0.25, 0.3) is 10.9 Å². The Balaban J connectivity index is 1.99. The van der Waals surface area contributed by atoms with Crippen LogP contribution < -0.4 is 4.74 Å². The van der Waals surface area contributed by atoms with Crippen molar-refractivity contribution in [2.75, 3.05) is 0 Å². The number of ether oxygens (including phenoxy) is 1. The van der Waals surface area contributed by atoms with Crippen LogP contribution in [0, 0.1) is 6.92 Å². The minimum Gasteiger partial charge on any atom is -0.470 e. The van der Waals surface area contributed by atoms with Crippen LogP contribution in [0.3, 0.4) is 0 Å². The quantitative estimate of drug-likeness (QED) is 0.798. The molecule has 2 aromatic heterocycles. The maximum Gasteiger partial charge on any atom is 0.258 e. The van der Waals surface area contributed by atoms with Crippen LogP contribution in [-0.2, 0) is 20.3 Å². The lowest BCUT2D eigenvalue weighted by molar-refractivity contribution is 0.271. The Morgan fingerprint density at radius 2 is 2.00 bits per heavy atom. The first kappa shape index (κ1) is 13.6. The van der Waals surface area contributed by atoms with Gasteiger partial charge in [0.1, 0.15) is 12.1 Å². The second-order valence-corrected chi connectivity index (χ2v) is 4.98. The molecule has 0 radical (unpaired) electrons. The van der Waals surface area contributed by atoms with Crippen LogP contribution >= 0.6 is 0 Å². The Labute approximate surface area is 122 Å². The molecule has 0 unspecified atom stereocenters. The first-order valence-corrected chi connectivity index (χ1v) is 6.79. The summed E-state index contributed by atoms with van der Waals surface area (Å²) in [7, 11) is 1.90. The largest absolute Gasteiger partial charge is 0.470 e. The highest BCUT2D eigenvalue weighted by molar-refractivity contribution is 5.88. The summed E-state index contributed by atoms with van der Waals surface area (Å²) in [4.78, 5) is 0. The van der Waals surface area contributed by atoms with Gasteiger partial charge in [0.15, 0.2) is 0 Å². The van der Waals surface area contributed by atoms with Gasteiger partial charge in [0.2, 0.25) is 0 Å². The number of rotatable bonds is 4. The van der Waals surface area contributed by atoms with Gasteiger partial charge < -0.3 is 14.4 Å². The number of aromatic nitrogens is 3. The summed E-state index contributed by atoms with van der Waals surface area (Å²) in [5.74, 6) is 0.488. The number of hydrogen-bond donors (Lipinski definition) is 1. The molecule has 0 aliphatic heterocycles. The van der Waals surface area contributed by atoms with Crippen LogP contribution in [0.2, 0.25) is 0 Å². The topological polar surface area (TPSA) is 60.2 Å². The molecule has 0 bridgehead atoms. The molecule has 0 aliphatic rings. The van der Waals surface area contributed by atoms with Crippen molar-refractivity contribution in [1.82, 2.24) is 14.8 Å². The molecule has 108 valence electrons. The zero-order chi connectivity index (χ0) is 14.8. The van der Waals surface area contributed by atoms with Gasteiger partial charge in [-0.15, -0.1) is 5.10 Å². The van der Waals surface area contributed by atoms with Gasteiger partial charge in [0, 0.05) is 18.1 Å². The normalized spacial score (nSPS) is 11.0. The minimum absolute atomic E-state index is 0.0187. The third-order valence-corrected chi connectivity index (χ3v) is 3.74. The highest BCUT2D eigenvalue weighted by Crippen LogP contribution is 2.29. The van der Waals surface area contributed by atoms with Crippen molar-refractivity contribution in [1.29, 1.82) is 0 Å². The fourth-order valence-electron chi connectivity index (χ4n) is 2.55. The zero-order valence-corrected chi connectivity index (χ0v) is 12.1. The Kier molecular flexibility index (Phi) is 3.58. The van der Waals surface area contributed by atoms with Crippen molar-refractivity contribution in [3.05, 3.63) is 53.3 Å². The lowest BCUT2D eigenvalue weighted by atomic mass is 10.2. The van der Waals surface area contributed by atoms with E-state index in [1.54, 1.807) is 6.20 Å². The van der Waals surface area contributed by atoms with E-state index >= 15 is 0 Å². The van der Waals surface area contributed by atoms with E-state index in [0.717, 1.165) is 27.7 Å². The van der Waals surface area contributed by atoms with Gasteiger partial charge in [-0.05, 0) is 18.1 Å². The van der Waals surface area contributed by atoms with Gasteiger partial charge in [-0.2, -0.15) is 5.10 Å². The summed E-state index contributed by atoms with van der Waals surface area (Å²) >= 11 is 0. The predicted molar refractivity (Wildman–Crippen MR) is 79.9 cm³/mol. The predicted octanol–water partition coefficient (Wildman–Crippen LogP) is 2.35. The molecule has 1 aromatic carbocycles. The second kappa shape index (κ2) is 5.54. The molecular weight excluding hydrogens is 266 g/mol. The van der Waals surface area contributed by atoms with Crippen molar-refractivity contribution in [2.24, 2.45) is 7.05 Å². The number of benzene rings is 1. The fraction of sp³-hybridized carbons (Fsp3) is 0.250. The molecule has 0 spiro atoms. The molecule has 0 atom stereocenters. The summed E-state index contributed by atoms with van der Waals surface area (Å²) in [6, 6.07) is 9.92. The standard InChI is InChI=1S/C16H17N3O2/c1-11-13-8-17-18-16(15(13)19(2)14(11)9-20)21-10-12-6-4-3-5-7-12/h3-8,20H,9-10H2,1-2H3. The number of nitrogens with zero attached hydrogens (tertiary/aromatic N) is 3. The molecule has 0 saturated carbocycles. The highest BCUT2D eigenvalue weighted by atomic mass is 16.5. The van der Waals surface area contributed by atoms with Gasteiger partial charge in [-0.3, -0.25) is 0 Å². The maximum atomic E-state index is 9.50. The monoisotopic (exact) mass is 283 g/mol. The van der Waals surface area contributed by atoms with E-state index in [2.05, 4.69) is 10.2 Å². The van der Waals surface area contributed by atoms with Crippen molar-refractivity contribution in [3.8, 4) is 5.88 Å². The summed E-state index contributed by atoms with van der Waals surface area (Å²) in [6.45, 7) is 2.39. The number of fused-ring (bicyclic) bond motifs is 1. The summed E-state index contributed by atoms with van der Waals surface area (Å²) in [5, 5.41) is 18.6. The van der Waals surface area contributed by atoms with Gasteiger partial charge in [-0.25, -0.2) is 0 Å².